The second-order valence-corrected chi connectivity index (χ2v) is 24.7. The summed E-state index contributed by atoms with van der Waals surface area (Å²) >= 11 is 0. The molecule has 0 spiro atoms. The Morgan fingerprint density at radius 3 is 1.16 bits per heavy atom. The van der Waals surface area contributed by atoms with Gasteiger partial charge >= 0.3 is 13.8 Å². The number of carbonyl (C=O) groups is 2. The predicted molar refractivity (Wildman–Crippen MR) is 350 cm³/mol. The maximum absolute atomic E-state index is 13.6. The molecule has 2 N–H and O–H groups in total. The Bertz CT molecular complexity index is 1750. The van der Waals surface area contributed by atoms with Crippen molar-refractivity contribution in [3.63, 3.8) is 0 Å². The molecule has 0 aromatic carbocycles. The van der Waals surface area contributed by atoms with E-state index in [9.17, 15) is 19.0 Å². The minimum atomic E-state index is -4.47. The molecule has 0 saturated heterocycles. The van der Waals surface area contributed by atoms with Gasteiger partial charge in [-0.05, 0) is 122 Å². The molecule has 466 valence electrons. The number of nitrogens with zero attached hydrogens (tertiary/aromatic N) is 1. The molecule has 0 aliphatic rings. The van der Waals surface area contributed by atoms with Gasteiger partial charge in [0.25, 0.3) is 0 Å². The average molecular weight is 1150 g/mol. The van der Waals surface area contributed by atoms with Gasteiger partial charge in [-0.3, -0.25) is 18.6 Å². The maximum atomic E-state index is 13.6. The number of ether oxygens (including phenoxy) is 1. The van der Waals surface area contributed by atoms with Crippen molar-refractivity contribution in [3.8, 4) is 0 Å². The van der Waals surface area contributed by atoms with Crippen molar-refractivity contribution < 1.29 is 37.3 Å². The van der Waals surface area contributed by atoms with Crippen LogP contribution in [0.4, 0.5) is 0 Å². The van der Waals surface area contributed by atoms with Crippen LogP contribution in [0.3, 0.4) is 0 Å². The molecule has 0 aliphatic carbocycles. The summed E-state index contributed by atoms with van der Waals surface area (Å²) in [5, 5.41) is 3.04. The zero-order valence-electron chi connectivity index (χ0n) is 53.2. The van der Waals surface area contributed by atoms with Gasteiger partial charge in [-0.1, -0.05) is 252 Å². The fraction of sp³-hybridized carbons (Fsp3) is 0.718. The lowest BCUT2D eigenvalue weighted by molar-refractivity contribution is -0.870. The van der Waals surface area contributed by atoms with E-state index >= 15 is 0 Å². The molecule has 0 rings (SSSR count). The van der Waals surface area contributed by atoms with Crippen LogP contribution in [-0.2, 0) is 27.9 Å². The summed E-state index contributed by atoms with van der Waals surface area (Å²) in [5.74, 6) is -0.552. The molecule has 3 atom stereocenters. The highest BCUT2D eigenvalue weighted by Gasteiger charge is 2.30. The highest BCUT2D eigenvalue weighted by atomic mass is 31.2. The summed E-state index contributed by atoms with van der Waals surface area (Å²) in [6.45, 7) is 6.92. The first-order chi connectivity index (χ1) is 39.4. The van der Waals surface area contributed by atoms with E-state index in [2.05, 4.69) is 123 Å². The van der Waals surface area contributed by atoms with E-state index in [0.29, 0.717) is 17.4 Å². The first kappa shape index (κ1) is 77.7. The largest absolute Gasteiger partial charge is 0.472 e. The Kier molecular flexibility index (Phi) is 57.4. The van der Waals surface area contributed by atoms with Gasteiger partial charge in [0.15, 0.2) is 0 Å². The molecule has 0 aromatic rings. The lowest BCUT2D eigenvalue weighted by Gasteiger charge is -2.27. The van der Waals surface area contributed by atoms with Gasteiger partial charge in [0.05, 0.1) is 33.8 Å². The molecule has 1 amide bonds. The van der Waals surface area contributed by atoms with Crippen molar-refractivity contribution in [2.45, 2.75) is 290 Å². The van der Waals surface area contributed by atoms with Crippen LogP contribution in [0.15, 0.2) is 109 Å². The van der Waals surface area contributed by atoms with E-state index in [0.717, 1.165) is 109 Å². The monoisotopic (exact) mass is 1150 g/mol. The van der Waals surface area contributed by atoms with Gasteiger partial charge in [-0.25, -0.2) is 4.57 Å². The van der Waals surface area contributed by atoms with Crippen molar-refractivity contribution in [1.82, 2.24) is 5.32 Å². The molecule has 0 bridgehead atoms. The fourth-order valence-corrected chi connectivity index (χ4v) is 9.76. The predicted octanol–water partition coefficient (Wildman–Crippen LogP) is 20.9. The SMILES string of the molecule is CCCCC/C=C\C/C=C\C/C=C\C/C=C\CCCCCCCCCCCC(=O)OC(/C=C\CCCCCCCCCCC)C(COP(=O)(O)OCC[N+](C)(C)C)NC(=O)CCCCC/C=C\C/C=C\C/C=C\C/C=C\CCCCC. The number of carbonyl (C=O) groups excluding carboxylic acids is 2. The minimum Gasteiger partial charge on any atom is -0.456 e. The van der Waals surface area contributed by atoms with Crippen molar-refractivity contribution in [3.05, 3.63) is 109 Å². The Hall–Kier alpha value is -3.33. The van der Waals surface area contributed by atoms with Crippen LogP contribution in [0.1, 0.15) is 278 Å². The summed E-state index contributed by atoms with van der Waals surface area (Å²) in [6, 6.07) is -0.875. The van der Waals surface area contributed by atoms with E-state index in [4.69, 9.17) is 13.8 Å². The van der Waals surface area contributed by atoms with Crippen LogP contribution in [0, 0.1) is 0 Å². The topological polar surface area (TPSA) is 111 Å². The molecule has 0 heterocycles. The highest BCUT2D eigenvalue weighted by molar-refractivity contribution is 7.47. The normalized spacial score (nSPS) is 14.3. The molecular weight excluding hydrogens is 1020 g/mol. The highest BCUT2D eigenvalue weighted by Crippen LogP contribution is 2.43. The van der Waals surface area contributed by atoms with Gasteiger partial charge < -0.3 is 19.4 Å². The summed E-state index contributed by atoms with van der Waals surface area (Å²) in [6.07, 6.45) is 82.3. The number of esters is 1. The first-order valence-electron chi connectivity index (χ1n) is 33.2. The van der Waals surface area contributed by atoms with Crippen LogP contribution in [0.5, 0.6) is 0 Å². The van der Waals surface area contributed by atoms with Gasteiger partial charge in [0.2, 0.25) is 5.91 Å². The van der Waals surface area contributed by atoms with Gasteiger partial charge in [0, 0.05) is 12.8 Å². The van der Waals surface area contributed by atoms with E-state index in [1.165, 1.54) is 128 Å². The lowest BCUT2D eigenvalue weighted by atomic mass is 10.1. The molecular formula is C71H126N2O7P+. The lowest BCUT2D eigenvalue weighted by Crippen LogP contribution is -2.47. The number of quaternary nitrogens is 1. The Balaban J connectivity index is 5.19. The van der Waals surface area contributed by atoms with Gasteiger partial charge in [0.1, 0.15) is 19.3 Å². The molecule has 0 aliphatic heterocycles. The molecule has 0 fully saturated rings. The quantitative estimate of drug-likeness (QED) is 0.0205. The number of amides is 1. The third-order valence-corrected chi connectivity index (χ3v) is 15.2. The number of allylic oxidation sites excluding steroid dienone is 17. The molecule has 3 unspecified atom stereocenters. The number of likely N-dealkylation sites (N-methyl/N-ethyl adjacent to an activating group) is 1. The van der Waals surface area contributed by atoms with Crippen molar-refractivity contribution in [2.24, 2.45) is 0 Å². The third kappa shape index (κ3) is 61.1. The molecule has 0 aromatic heterocycles. The fourth-order valence-electron chi connectivity index (χ4n) is 9.02. The standard InChI is InChI=1S/C71H125N2O7P/c1-7-10-13-16-19-22-25-27-29-31-33-34-35-36-37-38-40-42-44-46-49-52-55-58-61-64-71(75)80-69(62-59-56-53-50-47-24-21-18-15-12-9-3)68(67-79-81(76,77)78-66-65-73(4,5)6)72-70(74)63-60-57-54-51-48-45-43-41-39-32-30-28-26-23-20-17-14-11-8-2/h19-20,22-23,27-30,33-34,36-37,39,41,45,48,59,62,68-69H,7-18,21,24-26,31-32,35,38,40,42-44,46-47,49-58,60-61,63-67H2,1-6H3,(H-,72,74,76,77)/p+1/b22-19-,23-20-,29-27-,30-28-,34-33-,37-36-,41-39-,48-45-,62-59-. The van der Waals surface area contributed by atoms with Crippen LogP contribution in [0.2, 0.25) is 0 Å². The summed E-state index contributed by atoms with van der Waals surface area (Å²) in [5.41, 5.74) is 0. The van der Waals surface area contributed by atoms with Crippen molar-refractivity contribution in [2.75, 3.05) is 40.9 Å². The second-order valence-electron chi connectivity index (χ2n) is 23.3. The zero-order valence-corrected chi connectivity index (χ0v) is 54.1. The molecule has 0 saturated carbocycles. The number of rotatable bonds is 59. The number of nitrogens with one attached hydrogen (secondary N) is 1. The second kappa shape index (κ2) is 59.8. The first-order valence-corrected chi connectivity index (χ1v) is 34.7. The Morgan fingerprint density at radius 2 is 0.753 bits per heavy atom. The summed E-state index contributed by atoms with van der Waals surface area (Å²) in [4.78, 5) is 37.8. The van der Waals surface area contributed by atoms with E-state index < -0.39 is 20.0 Å². The molecule has 0 radical (unpaired) electrons. The van der Waals surface area contributed by atoms with Crippen LogP contribution < -0.4 is 5.32 Å². The van der Waals surface area contributed by atoms with Gasteiger partial charge in [-0.2, -0.15) is 0 Å². The number of phosphoric acid groups is 1. The Morgan fingerprint density at radius 1 is 0.432 bits per heavy atom. The number of hydrogen-bond donors (Lipinski definition) is 2. The number of unbranched alkanes of at least 4 members (excludes halogenated alkanes) is 27. The van der Waals surface area contributed by atoms with Gasteiger partial charge in [-0.15, -0.1) is 0 Å². The third-order valence-electron chi connectivity index (χ3n) is 14.2. The smallest absolute Gasteiger partial charge is 0.456 e. The van der Waals surface area contributed by atoms with E-state index in [1.807, 2.05) is 33.3 Å². The summed E-state index contributed by atoms with van der Waals surface area (Å²) < 4.78 is 30.7. The van der Waals surface area contributed by atoms with Crippen molar-refractivity contribution in [1.29, 1.82) is 0 Å². The Labute approximate surface area is 500 Å². The van der Waals surface area contributed by atoms with Crippen molar-refractivity contribution >= 4 is 19.7 Å². The van der Waals surface area contributed by atoms with Crippen LogP contribution in [0.25, 0.3) is 0 Å². The maximum Gasteiger partial charge on any atom is 0.472 e. The number of hydrogen-bond acceptors (Lipinski definition) is 6. The number of phosphoric ester groups is 1. The van der Waals surface area contributed by atoms with E-state index in [1.54, 1.807) is 0 Å². The van der Waals surface area contributed by atoms with Crippen LogP contribution >= 0.6 is 7.82 Å². The molecule has 10 heteroatoms. The minimum absolute atomic E-state index is 0.0275. The molecule has 9 nitrogen and oxygen atoms in total. The molecule has 81 heavy (non-hydrogen) atoms. The van der Waals surface area contributed by atoms with Crippen LogP contribution in [-0.4, -0.2) is 74.3 Å². The van der Waals surface area contributed by atoms with E-state index in [-0.39, 0.29) is 37.9 Å². The average Bonchev–Trinajstić information content (AvgIpc) is 3.43. The zero-order chi connectivity index (χ0) is 59.3. The summed E-state index contributed by atoms with van der Waals surface area (Å²) in [7, 11) is 1.46.